The molecular formula is C32H36F2N4O7SSi. The summed E-state index contributed by atoms with van der Waals surface area (Å²) in [6, 6.07) is 9.13. The van der Waals surface area contributed by atoms with Gasteiger partial charge in [-0.25, -0.2) is 30.9 Å². The second-order valence-electron chi connectivity index (χ2n) is 12.5. The molecule has 5 rings (SSSR count). The molecule has 15 heteroatoms. The molecule has 1 aliphatic heterocycles. The van der Waals surface area contributed by atoms with E-state index < -0.39 is 41.7 Å². The number of carbonyl (C=O) groups excluding carboxylic acids is 2. The first-order valence-electron chi connectivity index (χ1n) is 14.7. The number of benzene rings is 2. The van der Waals surface area contributed by atoms with Gasteiger partial charge in [-0.2, -0.15) is 0 Å². The number of hydrogen-bond donors (Lipinski definition) is 0. The number of amides is 2. The van der Waals surface area contributed by atoms with Crippen LogP contribution in [0.2, 0.25) is 18.1 Å². The number of carbonyl (C=O) groups is 2. The highest BCUT2D eigenvalue weighted by molar-refractivity contribution is 7.90. The van der Waals surface area contributed by atoms with Gasteiger partial charge in [-0.05, 0) is 36.3 Å². The first-order valence-corrected chi connectivity index (χ1v) is 19.1. The first-order chi connectivity index (χ1) is 22.1. The molecule has 0 spiro atoms. The van der Waals surface area contributed by atoms with Gasteiger partial charge in [-0.15, -0.1) is 0 Å². The summed E-state index contributed by atoms with van der Waals surface area (Å²) in [6.45, 7) is 9.95. The van der Waals surface area contributed by atoms with Crippen molar-refractivity contribution in [3.8, 4) is 11.5 Å². The topological polar surface area (TPSA) is 120 Å². The first kappa shape index (κ1) is 34.0. The quantitative estimate of drug-likeness (QED) is 0.140. The van der Waals surface area contributed by atoms with Crippen LogP contribution in [0.4, 0.5) is 25.0 Å². The molecular weight excluding hydrogens is 651 g/mol. The van der Waals surface area contributed by atoms with E-state index in [0.29, 0.717) is 11.8 Å². The smallest absolute Gasteiger partial charge is 0.329 e. The van der Waals surface area contributed by atoms with Gasteiger partial charge in [-0.1, -0.05) is 39.0 Å². The molecule has 4 aromatic rings. The lowest BCUT2D eigenvalue weighted by molar-refractivity contribution is 0.111. The fourth-order valence-corrected chi connectivity index (χ4v) is 7.71. The van der Waals surface area contributed by atoms with Crippen molar-refractivity contribution >= 4 is 53.1 Å². The van der Waals surface area contributed by atoms with Crippen LogP contribution < -0.4 is 19.3 Å². The van der Waals surface area contributed by atoms with E-state index in [1.807, 2.05) is 13.1 Å². The van der Waals surface area contributed by atoms with Crippen LogP contribution in [0.1, 0.15) is 36.8 Å². The van der Waals surface area contributed by atoms with Gasteiger partial charge < -0.3 is 13.9 Å². The average molecular weight is 687 g/mol. The van der Waals surface area contributed by atoms with E-state index in [1.165, 1.54) is 43.5 Å². The molecule has 0 aliphatic carbocycles. The molecule has 2 aromatic heterocycles. The third-order valence-electron chi connectivity index (χ3n) is 8.73. The molecule has 0 unspecified atom stereocenters. The van der Waals surface area contributed by atoms with E-state index in [-0.39, 0.29) is 63.5 Å². The van der Waals surface area contributed by atoms with Crippen molar-refractivity contribution in [1.82, 2.24) is 8.96 Å². The Balaban J connectivity index is 1.72. The number of aromatic nitrogens is 2. The number of methoxy groups -OCH3 is 2. The van der Waals surface area contributed by atoms with Crippen molar-refractivity contribution in [2.24, 2.45) is 0 Å². The van der Waals surface area contributed by atoms with Gasteiger partial charge in [0.1, 0.15) is 5.69 Å². The van der Waals surface area contributed by atoms with E-state index in [2.05, 4.69) is 25.8 Å². The Hall–Kier alpha value is -4.34. The number of urea groups is 1. The molecule has 0 atom stereocenters. The Morgan fingerprint density at radius 2 is 1.62 bits per heavy atom. The summed E-state index contributed by atoms with van der Waals surface area (Å²) in [5.74, 6) is -2.90. The number of halogens is 2. The maximum Gasteiger partial charge on any atom is 0.329 e. The highest BCUT2D eigenvalue weighted by atomic mass is 32.2. The highest BCUT2D eigenvalue weighted by Gasteiger charge is 2.41. The Labute approximate surface area is 272 Å². The number of nitrogens with zero attached hydrogens (tertiary/aromatic N) is 4. The zero-order valence-electron chi connectivity index (χ0n) is 27.1. The number of fused-ring (bicyclic) bond motifs is 3. The van der Waals surface area contributed by atoms with Gasteiger partial charge in [0, 0.05) is 29.8 Å². The SMILES string of the molecule is COc1cc(OC)c(F)c(N2Cc3cnc4c(cc(C=O)n4S(=O)(=O)c4ccccc4)c3N(CCO[Si](C)(C)C(C)(C)C)C2=O)c1F. The normalized spacial score (nSPS) is 14.0. The van der Waals surface area contributed by atoms with Crippen molar-refractivity contribution in [3.63, 3.8) is 0 Å². The molecule has 0 N–H and O–H groups in total. The van der Waals surface area contributed by atoms with Gasteiger partial charge in [-0.3, -0.25) is 14.6 Å². The Bertz CT molecular complexity index is 1950. The van der Waals surface area contributed by atoms with Crippen molar-refractivity contribution < 1.29 is 40.7 Å². The van der Waals surface area contributed by atoms with Crippen LogP contribution in [0.5, 0.6) is 11.5 Å². The molecule has 0 saturated heterocycles. The molecule has 3 heterocycles. The minimum absolute atomic E-state index is 0.0642. The summed E-state index contributed by atoms with van der Waals surface area (Å²) in [4.78, 5) is 33.1. The summed E-state index contributed by atoms with van der Waals surface area (Å²) < 4.78 is 76.4. The predicted molar refractivity (Wildman–Crippen MR) is 176 cm³/mol. The van der Waals surface area contributed by atoms with Crippen molar-refractivity contribution in [1.29, 1.82) is 0 Å². The zero-order chi connectivity index (χ0) is 34.5. The molecule has 250 valence electrons. The second-order valence-corrected chi connectivity index (χ2v) is 19.1. The Morgan fingerprint density at radius 3 is 2.17 bits per heavy atom. The molecule has 0 saturated carbocycles. The molecule has 2 amide bonds. The third kappa shape index (κ3) is 5.76. The lowest BCUT2D eigenvalue weighted by atomic mass is 10.1. The van der Waals surface area contributed by atoms with E-state index in [4.69, 9.17) is 13.9 Å². The highest BCUT2D eigenvalue weighted by Crippen LogP contribution is 2.43. The number of ether oxygens (including phenoxy) is 2. The van der Waals surface area contributed by atoms with Crippen molar-refractivity contribution in [2.45, 2.75) is 50.3 Å². The molecule has 1 aliphatic rings. The molecule has 0 fully saturated rings. The van der Waals surface area contributed by atoms with Gasteiger partial charge in [0.05, 0.1) is 43.6 Å². The lowest BCUT2D eigenvalue weighted by Gasteiger charge is -2.39. The maximum atomic E-state index is 15.7. The fourth-order valence-electron chi connectivity index (χ4n) is 5.22. The molecule has 2 aromatic carbocycles. The van der Waals surface area contributed by atoms with E-state index in [0.717, 1.165) is 14.9 Å². The van der Waals surface area contributed by atoms with E-state index in [1.54, 1.807) is 18.2 Å². The van der Waals surface area contributed by atoms with Gasteiger partial charge >= 0.3 is 6.03 Å². The number of aldehydes is 1. The molecule has 0 bridgehead atoms. The maximum absolute atomic E-state index is 15.7. The van der Waals surface area contributed by atoms with Crippen molar-refractivity contribution in [2.75, 3.05) is 37.2 Å². The third-order valence-corrected chi connectivity index (χ3v) is 15.0. The molecule has 11 nitrogen and oxygen atoms in total. The van der Waals surface area contributed by atoms with Crippen molar-refractivity contribution in [3.05, 3.63) is 71.6 Å². The largest absolute Gasteiger partial charge is 0.493 e. The Morgan fingerprint density at radius 1 is 1.00 bits per heavy atom. The molecule has 0 radical (unpaired) electrons. The van der Waals surface area contributed by atoms with Gasteiger partial charge in [0.25, 0.3) is 10.0 Å². The van der Waals surface area contributed by atoms with E-state index >= 15 is 8.78 Å². The van der Waals surface area contributed by atoms with Crippen LogP contribution in [0, 0.1) is 11.6 Å². The molecule has 47 heavy (non-hydrogen) atoms. The summed E-state index contributed by atoms with van der Waals surface area (Å²) in [6.07, 6.45) is 1.72. The van der Waals surface area contributed by atoms with Gasteiger partial charge in [0.2, 0.25) is 0 Å². The lowest BCUT2D eigenvalue weighted by Crippen LogP contribution is -2.50. The number of hydrogen-bond acceptors (Lipinski definition) is 8. The van der Waals surface area contributed by atoms with E-state index in [9.17, 15) is 18.0 Å². The minimum Gasteiger partial charge on any atom is -0.493 e. The van der Waals surface area contributed by atoms with Crippen LogP contribution in [0.3, 0.4) is 0 Å². The summed E-state index contributed by atoms with van der Waals surface area (Å²) in [5.41, 5.74) is -0.406. The van der Waals surface area contributed by atoms with Crippen LogP contribution in [0.25, 0.3) is 11.0 Å². The van der Waals surface area contributed by atoms with Gasteiger partial charge in [0.15, 0.2) is 43.4 Å². The fraction of sp³-hybridized carbons (Fsp3) is 0.344. The summed E-state index contributed by atoms with van der Waals surface area (Å²) in [7, 11) is -4.18. The summed E-state index contributed by atoms with van der Waals surface area (Å²) >= 11 is 0. The second kappa shape index (κ2) is 12.4. The standard InChI is InChI=1S/C32H36F2N4O7SSi/c1-32(2,3)47(6,7)45-14-13-36-28-20(18-37(31(36)40)29-26(33)24(43-4)16-25(44-5)27(29)34)17-35-30-23(28)15-21(19-39)38(30)46(41,42)22-11-9-8-10-12-22/h8-12,15-17,19H,13-14,18H2,1-7H3. The predicted octanol–water partition coefficient (Wildman–Crippen LogP) is 6.35. The monoisotopic (exact) mass is 686 g/mol. The zero-order valence-corrected chi connectivity index (χ0v) is 28.9. The summed E-state index contributed by atoms with van der Waals surface area (Å²) in [5, 5.41) is 0.0410. The number of anilines is 2. The number of rotatable bonds is 10. The average Bonchev–Trinajstić information content (AvgIpc) is 3.42. The van der Waals surface area contributed by atoms with Crippen LogP contribution in [0.15, 0.2) is 53.6 Å². The minimum atomic E-state index is -4.29. The Kier molecular flexibility index (Phi) is 8.94. The van der Waals surface area contributed by atoms with Crippen LogP contribution >= 0.6 is 0 Å². The van der Waals surface area contributed by atoms with Crippen LogP contribution in [-0.4, -0.2) is 65.4 Å². The number of pyridine rings is 1. The van der Waals surface area contributed by atoms with Crippen LogP contribution in [-0.2, 0) is 21.0 Å².